The SMILES string of the molecule is CNC(=S)N(C)c1ccc2ccccc2c1. The van der Waals surface area contributed by atoms with Crippen LogP contribution in [0.5, 0.6) is 0 Å². The summed E-state index contributed by atoms with van der Waals surface area (Å²) in [6, 6.07) is 14.6. The van der Waals surface area contributed by atoms with Gasteiger partial charge in [0.15, 0.2) is 5.11 Å². The van der Waals surface area contributed by atoms with Crippen molar-refractivity contribution in [3.63, 3.8) is 0 Å². The molecule has 0 unspecified atom stereocenters. The van der Waals surface area contributed by atoms with Crippen LogP contribution in [-0.2, 0) is 0 Å². The largest absolute Gasteiger partial charge is 0.365 e. The molecule has 0 spiro atoms. The van der Waals surface area contributed by atoms with Crippen LogP contribution in [0.3, 0.4) is 0 Å². The van der Waals surface area contributed by atoms with Crippen molar-refractivity contribution in [3.8, 4) is 0 Å². The van der Waals surface area contributed by atoms with Crippen LogP contribution < -0.4 is 10.2 Å². The third-order valence-corrected chi connectivity index (χ3v) is 3.12. The highest BCUT2D eigenvalue weighted by molar-refractivity contribution is 7.80. The molecule has 0 atom stereocenters. The molecule has 2 nitrogen and oxygen atoms in total. The van der Waals surface area contributed by atoms with E-state index in [1.54, 1.807) is 0 Å². The lowest BCUT2D eigenvalue weighted by Gasteiger charge is -2.19. The van der Waals surface area contributed by atoms with Gasteiger partial charge in [0.05, 0.1) is 0 Å². The molecule has 0 aromatic heterocycles. The molecule has 0 fully saturated rings. The van der Waals surface area contributed by atoms with Gasteiger partial charge >= 0.3 is 0 Å². The van der Waals surface area contributed by atoms with E-state index in [4.69, 9.17) is 12.2 Å². The van der Waals surface area contributed by atoms with Gasteiger partial charge in [-0.3, -0.25) is 0 Å². The van der Waals surface area contributed by atoms with Gasteiger partial charge in [-0.25, -0.2) is 0 Å². The molecule has 0 amide bonds. The van der Waals surface area contributed by atoms with Crippen molar-refractivity contribution in [1.82, 2.24) is 5.32 Å². The highest BCUT2D eigenvalue weighted by atomic mass is 32.1. The molecule has 2 rings (SSSR count). The summed E-state index contributed by atoms with van der Waals surface area (Å²) in [6.45, 7) is 0. The van der Waals surface area contributed by atoms with E-state index >= 15 is 0 Å². The Morgan fingerprint density at radius 3 is 2.50 bits per heavy atom. The Balaban J connectivity index is 2.43. The number of nitrogens with one attached hydrogen (secondary N) is 1. The van der Waals surface area contributed by atoms with Crippen LogP contribution in [0.1, 0.15) is 0 Å². The van der Waals surface area contributed by atoms with Gasteiger partial charge in [-0.05, 0) is 35.1 Å². The smallest absolute Gasteiger partial charge is 0.172 e. The fraction of sp³-hybridized carbons (Fsp3) is 0.154. The molecule has 0 saturated heterocycles. The summed E-state index contributed by atoms with van der Waals surface area (Å²) in [6.07, 6.45) is 0. The maximum atomic E-state index is 5.20. The first-order chi connectivity index (χ1) is 7.72. The molecule has 2 aromatic carbocycles. The molecular formula is C13H14N2S. The molecule has 1 N–H and O–H groups in total. The van der Waals surface area contributed by atoms with Crippen molar-refractivity contribution in [2.75, 3.05) is 19.0 Å². The van der Waals surface area contributed by atoms with E-state index in [9.17, 15) is 0 Å². The van der Waals surface area contributed by atoms with Crippen LogP contribution in [0, 0.1) is 0 Å². The average Bonchev–Trinajstić information content (AvgIpc) is 2.36. The van der Waals surface area contributed by atoms with E-state index in [2.05, 4.69) is 35.6 Å². The van der Waals surface area contributed by atoms with Crippen molar-refractivity contribution in [1.29, 1.82) is 0 Å². The second-order valence-electron chi connectivity index (χ2n) is 3.65. The lowest BCUT2D eigenvalue weighted by molar-refractivity contribution is 1.12. The van der Waals surface area contributed by atoms with Crippen LogP contribution in [0.15, 0.2) is 42.5 Å². The summed E-state index contributed by atoms with van der Waals surface area (Å²) in [4.78, 5) is 1.96. The van der Waals surface area contributed by atoms with Gasteiger partial charge in [0.25, 0.3) is 0 Å². The first-order valence-electron chi connectivity index (χ1n) is 5.16. The molecular weight excluding hydrogens is 216 g/mol. The van der Waals surface area contributed by atoms with Gasteiger partial charge < -0.3 is 10.2 Å². The van der Waals surface area contributed by atoms with Gasteiger partial charge in [-0.1, -0.05) is 30.3 Å². The van der Waals surface area contributed by atoms with Gasteiger partial charge in [-0.2, -0.15) is 0 Å². The Labute approximate surface area is 101 Å². The predicted octanol–water partition coefficient (Wildman–Crippen LogP) is 2.78. The van der Waals surface area contributed by atoms with E-state index in [0.717, 1.165) is 10.8 Å². The Kier molecular flexibility index (Phi) is 3.06. The molecule has 2 aromatic rings. The Hall–Kier alpha value is -1.61. The zero-order chi connectivity index (χ0) is 11.5. The molecule has 16 heavy (non-hydrogen) atoms. The third-order valence-electron chi connectivity index (χ3n) is 2.64. The first-order valence-corrected chi connectivity index (χ1v) is 5.57. The molecule has 0 heterocycles. The first kappa shape index (κ1) is 10.9. The molecule has 0 aliphatic rings. The zero-order valence-corrected chi connectivity index (χ0v) is 10.2. The summed E-state index contributed by atoms with van der Waals surface area (Å²) < 4.78 is 0. The van der Waals surface area contributed by atoms with Crippen LogP contribution in [-0.4, -0.2) is 19.2 Å². The maximum absolute atomic E-state index is 5.20. The summed E-state index contributed by atoms with van der Waals surface area (Å²) in [5, 5.41) is 6.16. The quantitative estimate of drug-likeness (QED) is 0.758. The maximum Gasteiger partial charge on any atom is 0.172 e. The lowest BCUT2D eigenvalue weighted by Crippen LogP contribution is -2.34. The standard InChI is InChI=1S/C13H14N2S/c1-14-13(16)15(2)12-8-7-10-5-3-4-6-11(10)9-12/h3-9H,1-2H3,(H,14,16). The van der Waals surface area contributed by atoms with Crippen LogP contribution >= 0.6 is 12.2 Å². The van der Waals surface area contributed by atoms with Crippen molar-refractivity contribution in [2.45, 2.75) is 0 Å². The summed E-state index contributed by atoms with van der Waals surface area (Å²) in [5.74, 6) is 0. The van der Waals surface area contributed by atoms with E-state index in [0.29, 0.717) is 0 Å². The van der Waals surface area contributed by atoms with Crippen molar-refractivity contribution in [2.24, 2.45) is 0 Å². The fourth-order valence-corrected chi connectivity index (χ4v) is 1.78. The molecule has 82 valence electrons. The number of rotatable bonds is 1. The van der Waals surface area contributed by atoms with E-state index < -0.39 is 0 Å². The summed E-state index contributed by atoms with van der Waals surface area (Å²) >= 11 is 5.20. The van der Waals surface area contributed by atoms with E-state index in [-0.39, 0.29) is 0 Å². The van der Waals surface area contributed by atoms with Crippen molar-refractivity contribution < 1.29 is 0 Å². The van der Waals surface area contributed by atoms with Crippen LogP contribution in [0.4, 0.5) is 5.69 Å². The monoisotopic (exact) mass is 230 g/mol. The molecule has 0 aliphatic heterocycles. The zero-order valence-electron chi connectivity index (χ0n) is 9.40. The average molecular weight is 230 g/mol. The molecule has 0 aliphatic carbocycles. The van der Waals surface area contributed by atoms with Gasteiger partial charge in [-0.15, -0.1) is 0 Å². The second kappa shape index (κ2) is 4.49. The normalized spacial score (nSPS) is 10.1. The number of thiocarbonyl (C=S) groups is 1. The minimum Gasteiger partial charge on any atom is -0.365 e. The van der Waals surface area contributed by atoms with Crippen LogP contribution in [0.2, 0.25) is 0 Å². The minimum absolute atomic E-state index is 0.718. The Morgan fingerprint density at radius 2 is 1.81 bits per heavy atom. The third kappa shape index (κ3) is 1.99. The highest BCUT2D eigenvalue weighted by Crippen LogP contribution is 2.21. The summed E-state index contributed by atoms with van der Waals surface area (Å²) in [5.41, 5.74) is 1.10. The Morgan fingerprint density at radius 1 is 1.12 bits per heavy atom. The number of nitrogens with zero attached hydrogens (tertiary/aromatic N) is 1. The van der Waals surface area contributed by atoms with Gasteiger partial charge in [0, 0.05) is 19.8 Å². The number of hydrogen-bond donors (Lipinski definition) is 1. The molecule has 0 radical (unpaired) electrons. The number of anilines is 1. The van der Waals surface area contributed by atoms with Gasteiger partial charge in [0.1, 0.15) is 0 Å². The lowest BCUT2D eigenvalue weighted by atomic mass is 10.1. The van der Waals surface area contributed by atoms with Crippen LogP contribution in [0.25, 0.3) is 10.8 Å². The number of benzene rings is 2. The number of hydrogen-bond acceptors (Lipinski definition) is 1. The van der Waals surface area contributed by atoms with Crippen molar-refractivity contribution >= 4 is 33.8 Å². The molecule has 0 saturated carbocycles. The minimum atomic E-state index is 0.718. The topological polar surface area (TPSA) is 15.3 Å². The summed E-state index contributed by atoms with van der Waals surface area (Å²) in [7, 11) is 3.79. The van der Waals surface area contributed by atoms with E-state index in [1.165, 1.54) is 10.8 Å². The predicted molar refractivity (Wildman–Crippen MR) is 74.0 cm³/mol. The number of fused-ring (bicyclic) bond motifs is 1. The second-order valence-corrected chi connectivity index (χ2v) is 4.03. The van der Waals surface area contributed by atoms with E-state index in [1.807, 2.05) is 31.1 Å². The highest BCUT2D eigenvalue weighted by Gasteiger charge is 2.05. The molecule has 0 bridgehead atoms. The fourth-order valence-electron chi connectivity index (χ4n) is 1.67. The van der Waals surface area contributed by atoms with Gasteiger partial charge in [0.2, 0.25) is 0 Å². The Bertz CT molecular complexity index is 522. The molecule has 3 heteroatoms. The van der Waals surface area contributed by atoms with Crippen molar-refractivity contribution in [3.05, 3.63) is 42.5 Å².